The van der Waals surface area contributed by atoms with Crippen molar-refractivity contribution in [3.05, 3.63) is 48.0 Å². The average Bonchev–Trinajstić information content (AvgIpc) is 3.51. The minimum absolute atomic E-state index is 0.159. The Morgan fingerprint density at radius 3 is 1.34 bits per heavy atom. The summed E-state index contributed by atoms with van der Waals surface area (Å²) in [5, 5.41) is 8.44. The van der Waals surface area contributed by atoms with Crippen LogP contribution >= 0.6 is 0 Å². The van der Waals surface area contributed by atoms with E-state index in [2.05, 4.69) is 38.2 Å². The minimum atomic E-state index is -0.345. The van der Waals surface area contributed by atoms with Crippen LogP contribution in [0.25, 0.3) is 0 Å². The molecule has 1 aromatic rings. The zero-order chi connectivity index (χ0) is 32.4. The van der Waals surface area contributed by atoms with E-state index in [4.69, 9.17) is 14.3 Å². The molecule has 0 saturated heterocycles. The Morgan fingerprint density at radius 2 is 1.00 bits per heavy atom. The van der Waals surface area contributed by atoms with E-state index in [9.17, 15) is 14.4 Å². The molecule has 1 aromatic heterocycles. The molecule has 6 nitrogen and oxygen atoms in total. The molecule has 0 aromatic carbocycles. The zero-order valence-corrected chi connectivity index (χ0v) is 28.2. The molecule has 1 N–H and O–H groups in total. The molecular weight excluding hydrogens is 552 g/mol. The largest absolute Gasteiger partial charge is 0.456 e. The highest BCUT2D eigenvalue weighted by atomic mass is 16.6. The SMILES string of the molecule is CCCCCCC=CCCCCCCCC(=O)OC(=O)CCCCCCCC=CCCCCCC.O=Cc1ccc(CO)o1. The van der Waals surface area contributed by atoms with Crippen LogP contribution in [0.3, 0.4) is 0 Å². The molecule has 6 heteroatoms. The van der Waals surface area contributed by atoms with Gasteiger partial charge in [-0.05, 0) is 76.3 Å². The van der Waals surface area contributed by atoms with E-state index >= 15 is 0 Å². The maximum Gasteiger partial charge on any atom is 0.313 e. The van der Waals surface area contributed by atoms with Crippen LogP contribution in [0, 0.1) is 0 Å². The molecule has 0 aliphatic heterocycles. The quantitative estimate of drug-likeness (QED) is 0.0331. The van der Waals surface area contributed by atoms with E-state index in [-0.39, 0.29) is 24.3 Å². The minimum Gasteiger partial charge on any atom is -0.456 e. The molecule has 0 aliphatic rings. The van der Waals surface area contributed by atoms with Crippen molar-refractivity contribution in [2.45, 2.75) is 175 Å². The Bertz CT molecular complexity index is 807. The van der Waals surface area contributed by atoms with Crippen molar-refractivity contribution in [1.29, 1.82) is 0 Å². The van der Waals surface area contributed by atoms with Gasteiger partial charge >= 0.3 is 11.9 Å². The Kier molecular flexibility index (Phi) is 31.5. The van der Waals surface area contributed by atoms with Crippen LogP contribution in [-0.4, -0.2) is 23.3 Å². The first-order valence-electron chi connectivity index (χ1n) is 17.8. The summed E-state index contributed by atoms with van der Waals surface area (Å²) in [6.45, 7) is 4.34. The van der Waals surface area contributed by atoms with Gasteiger partial charge in [0.05, 0.1) is 0 Å². The second-order valence-electron chi connectivity index (χ2n) is 11.7. The molecule has 0 amide bonds. The van der Waals surface area contributed by atoms with E-state index in [0.717, 1.165) is 38.5 Å². The first-order valence-corrected chi connectivity index (χ1v) is 17.8. The van der Waals surface area contributed by atoms with Crippen molar-refractivity contribution < 1.29 is 28.6 Å². The van der Waals surface area contributed by atoms with Gasteiger partial charge in [-0.1, -0.05) is 115 Å². The Hall–Kier alpha value is -2.47. The number of aldehydes is 1. The number of ether oxygens (including phenoxy) is 1. The zero-order valence-electron chi connectivity index (χ0n) is 28.2. The maximum atomic E-state index is 11.8. The maximum absolute atomic E-state index is 11.8. The van der Waals surface area contributed by atoms with Crippen molar-refractivity contribution in [2.75, 3.05) is 0 Å². The number of hydrogen-bond donors (Lipinski definition) is 1. The summed E-state index contributed by atoms with van der Waals surface area (Å²) >= 11 is 0. The number of rotatable bonds is 28. The first-order chi connectivity index (χ1) is 21.6. The van der Waals surface area contributed by atoms with Crippen LogP contribution in [0.5, 0.6) is 0 Å². The van der Waals surface area contributed by atoms with Gasteiger partial charge in [0.25, 0.3) is 0 Å². The predicted octanol–water partition coefficient (Wildman–Crippen LogP) is 11.2. The second-order valence-corrected chi connectivity index (χ2v) is 11.7. The van der Waals surface area contributed by atoms with Crippen molar-refractivity contribution in [2.24, 2.45) is 0 Å². The number of carbonyl (C=O) groups is 3. The van der Waals surface area contributed by atoms with Gasteiger partial charge in [0.15, 0.2) is 12.0 Å². The van der Waals surface area contributed by atoms with Gasteiger partial charge in [0.1, 0.15) is 12.4 Å². The van der Waals surface area contributed by atoms with Gasteiger partial charge in [-0.2, -0.15) is 0 Å². The summed E-state index contributed by atoms with van der Waals surface area (Å²) in [6.07, 6.45) is 37.0. The highest BCUT2D eigenvalue weighted by Crippen LogP contribution is 2.12. The van der Waals surface area contributed by atoms with Crippen molar-refractivity contribution in [3.8, 4) is 0 Å². The second kappa shape index (κ2) is 33.4. The first kappa shape index (κ1) is 41.5. The van der Waals surface area contributed by atoms with E-state index in [1.165, 1.54) is 109 Å². The van der Waals surface area contributed by atoms with Crippen LogP contribution in [0.2, 0.25) is 0 Å². The van der Waals surface area contributed by atoms with E-state index < -0.39 is 0 Å². The molecule has 1 heterocycles. The number of esters is 2. The summed E-state index contributed by atoms with van der Waals surface area (Å²) < 4.78 is 9.73. The molecule has 0 spiro atoms. The molecule has 0 atom stereocenters. The van der Waals surface area contributed by atoms with Crippen LogP contribution < -0.4 is 0 Å². The fourth-order valence-corrected chi connectivity index (χ4v) is 4.74. The van der Waals surface area contributed by atoms with Crippen molar-refractivity contribution in [1.82, 2.24) is 0 Å². The third kappa shape index (κ3) is 29.6. The molecule has 44 heavy (non-hydrogen) atoms. The van der Waals surface area contributed by atoms with E-state index in [1.807, 2.05) is 0 Å². The summed E-state index contributed by atoms with van der Waals surface area (Å²) in [5.41, 5.74) is 0. The third-order valence-electron chi connectivity index (χ3n) is 7.47. The van der Waals surface area contributed by atoms with Gasteiger partial charge in [-0.25, -0.2) is 0 Å². The predicted molar refractivity (Wildman–Crippen MR) is 182 cm³/mol. The molecule has 0 saturated carbocycles. The lowest BCUT2D eigenvalue weighted by molar-refractivity contribution is -0.159. The number of aliphatic hydroxyl groups is 1. The molecule has 0 radical (unpaired) electrons. The summed E-state index contributed by atoms with van der Waals surface area (Å²) in [6, 6.07) is 3.07. The lowest BCUT2D eigenvalue weighted by Crippen LogP contribution is -2.11. The number of hydrogen-bond acceptors (Lipinski definition) is 6. The number of aliphatic hydroxyl groups excluding tert-OH is 1. The average molecular weight is 617 g/mol. The Balaban J connectivity index is 0.00000174. The summed E-state index contributed by atoms with van der Waals surface area (Å²) in [7, 11) is 0. The fourth-order valence-electron chi connectivity index (χ4n) is 4.74. The Labute approximate surface area is 269 Å². The van der Waals surface area contributed by atoms with Gasteiger partial charge in [0.2, 0.25) is 0 Å². The number of furan rings is 1. The van der Waals surface area contributed by atoms with Gasteiger partial charge < -0.3 is 14.3 Å². The van der Waals surface area contributed by atoms with Crippen molar-refractivity contribution >= 4 is 18.2 Å². The molecular formula is C38H64O6. The molecule has 0 unspecified atom stereocenters. The lowest BCUT2D eigenvalue weighted by atomic mass is 10.1. The van der Waals surface area contributed by atoms with Gasteiger partial charge in [-0.15, -0.1) is 0 Å². The molecule has 0 aliphatic carbocycles. The lowest BCUT2D eigenvalue weighted by Gasteiger charge is -2.04. The summed E-state index contributed by atoms with van der Waals surface area (Å²) in [5.74, 6) is -0.0267. The highest BCUT2D eigenvalue weighted by molar-refractivity contribution is 5.85. The van der Waals surface area contributed by atoms with E-state index in [0.29, 0.717) is 24.9 Å². The van der Waals surface area contributed by atoms with Crippen molar-refractivity contribution in [3.63, 3.8) is 0 Å². The van der Waals surface area contributed by atoms with Crippen LogP contribution in [0.4, 0.5) is 0 Å². The van der Waals surface area contributed by atoms with Crippen LogP contribution in [0.1, 0.15) is 184 Å². The fraction of sp³-hybridized carbons (Fsp3) is 0.711. The van der Waals surface area contributed by atoms with E-state index in [1.54, 1.807) is 6.07 Å². The van der Waals surface area contributed by atoms with Gasteiger partial charge in [0, 0.05) is 12.8 Å². The number of unbranched alkanes of at least 4 members (excludes halogenated alkanes) is 18. The monoisotopic (exact) mass is 616 g/mol. The molecule has 0 bridgehead atoms. The number of carbonyl (C=O) groups excluding carboxylic acids is 3. The molecule has 1 rings (SSSR count). The molecule has 0 fully saturated rings. The highest BCUT2D eigenvalue weighted by Gasteiger charge is 2.09. The number of allylic oxidation sites excluding steroid dienone is 4. The standard InChI is InChI=1S/C32H58O3.C6H6O3/c1-3-5-7-9-11-13-15-17-19-21-23-25-27-29-31(33)35-32(34)30-28-26-24-22-20-18-16-14-12-10-8-6-4-2;7-3-5-1-2-6(4-8)9-5/h13-16H,3-12,17-30H2,1-2H3;1-3,8H,4H2. The van der Waals surface area contributed by atoms with Gasteiger partial charge in [-0.3, -0.25) is 14.4 Å². The normalized spacial score (nSPS) is 11.2. The Morgan fingerprint density at radius 1 is 0.614 bits per heavy atom. The smallest absolute Gasteiger partial charge is 0.313 e. The molecule has 252 valence electrons. The van der Waals surface area contributed by atoms with Crippen LogP contribution in [-0.2, 0) is 20.9 Å². The van der Waals surface area contributed by atoms with Crippen LogP contribution in [0.15, 0.2) is 40.9 Å². The topological polar surface area (TPSA) is 93.8 Å². The third-order valence-corrected chi connectivity index (χ3v) is 7.47. The summed E-state index contributed by atoms with van der Waals surface area (Å²) in [4.78, 5) is 33.6.